The van der Waals surface area contributed by atoms with Crippen LogP contribution >= 0.6 is 0 Å². The van der Waals surface area contributed by atoms with Gasteiger partial charge in [-0.05, 0) is 35.1 Å². The maximum absolute atomic E-state index is 12.4. The number of carbonyl (C=O) groups is 3. The van der Waals surface area contributed by atoms with E-state index in [9.17, 15) is 19.5 Å². The van der Waals surface area contributed by atoms with Crippen molar-refractivity contribution in [1.82, 2.24) is 10.6 Å². The number of nitrogens with one attached hydrogen (secondary N) is 2. The second kappa shape index (κ2) is 11.8. The predicted octanol–water partition coefficient (Wildman–Crippen LogP) is 3.79. The average Bonchev–Trinajstić information content (AvgIpc) is 3.13. The van der Waals surface area contributed by atoms with Gasteiger partial charge >= 0.3 is 12.1 Å². The molecular weight excluding hydrogens is 448 g/mol. The minimum absolute atomic E-state index is 0.0189. The molecule has 3 unspecified atom stereocenters. The number of carboxylic acids is 1. The number of alkyl carbamates (subject to hydrolysis) is 1. The zero-order valence-electron chi connectivity index (χ0n) is 20.6. The van der Waals surface area contributed by atoms with E-state index in [0.717, 1.165) is 22.3 Å². The third-order valence-corrected chi connectivity index (χ3v) is 6.49. The Labute approximate surface area is 206 Å². The summed E-state index contributed by atoms with van der Waals surface area (Å²) in [5.74, 6) is -2.16. The van der Waals surface area contributed by atoms with Crippen LogP contribution in [0.15, 0.2) is 48.5 Å². The fraction of sp³-hybridized carbons (Fsp3) is 0.444. The molecule has 35 heavy (non-hydrogen) atoms. The monoisotopic (exact) mass is 482 g/mol. The Hall–Kier alpha value is -3.39. The Bertz CT molecular complexity index is 1010. The molecule has 0 heterocycles. The highest BCUT2D eigenvalue weighted by atomic mass is 16.5. The van der Waals surface area contributed by atoms with Crippen molar-refractivity contribution in [3.63, 3.8) is 0 Å². The van der Waals surface area contributed by atoms with E-state index in [-0.39, 0.29) is 37.3 Å². The Balaban J connectivity index is 1.49. The first-order chi connectivity index (χ1) is 16.7. The molecule has 0 bridgehead atoms. The maximum atomic E-state index is 12.4. The van der Waals surface area contributed by atoms with Gasteiger partial charge in [0.2, 0.25) is 5.91 Å². The predicted molar refractivity (Wildman–Crippen MR) is 132 cm³/mol. The molecular formula is C27H34N2O6. The summed E-state index contributed by atoms with van der Waals surface area (Å²) in [6.45, 7) is 5.56. The van der Waals surface area contributed by atoms with Crippen molar-refractivity contribution in [2.24, 2.45) is 11.8 Å². The lowest BCUT2D eigenvalue weighted by Crippen LogP contribution is -2.45. The van der Waals surface area contributed by atoms with Crippen LogP contribution in [0.5, 0.6) is 0 Å². The number of fused-ring (bicyclic) bond motifs is 3. The molecule has 0 saturated carbocycles. The number of methoxy groups -OCH3 is 1. The van der Waals surface area contributed by atoms with Gasteiger partial charge in [0, 0.05) is 25.6 Å². The number of carboxylic acid groups (broad SMARTS) is 1. The number of hydrogen-bond acceptors (Lipinski definition) is 5. The van der Waals surface area contributed by atoms with Crippen LogP contribution in [0, 0.1) is 11.8 Å². The van der Waals surface area contributed by atoms with Crippen LogP contribution in [0.2, 0.25) is 0 Å². The van der Waals surface area contributed by atoms with E-state index in [1.165, 1.54) is 7.11 Å². The number of rotatable bonds is 11. The first-order valence-electron chi connectivity index (χ1n) is 11.9. The van der Waals surface area contributed by atoms with Gasteiger partial charge in [0.15, 0.2) is 0 Å². The number of hydrogen-bond donors (Lipinski definition) is 3. The van der Waals surface area contributed by atoms with Gasteiger partial charge in [0.25, 0.3) is 0 Å². The van der Waals surface area contributed by atoms with E-state index in [1.54, 1.807) is 20.8 Å². The van der Waals surface area contributed by atoms with Gasteiger partial charge in [0.1, 0.15) is 6.61 Å². The third-order valence-electron chi connectivity index (χ3n) is 6.49. The fourth-order valence-electron chi connectivity index (χ4n) is 4.77. The van der Waals surface area contributed by atoms with Crippen LogP contribution in [0.1, 0.15) is 44.2 Å². The van der Waals surface area contributed by atoms with Crippen LogP contribution in [-0.2, 0) is 19.1 Å². The van der Waals surface area contributed by atoms with Gasteiger partial charge in [-0.25, -0.2) is 4.79 Å². The highest BCUT2D eigenvalue weighted by molar-refractivity contribution is 5.80. The van der Waals surface area contributed by atoms with Gasteiger partial charge in [-0.3, -0.25) is 9.59 Å². The van der Waals surface area contributed by atoms with Crippen LogP contribution in [0.25, 0.3) is 11.1 Å². The van der Waals surface area contributed by atoms with E-state index in [1.807, 2.05) is 24.3 Å². The largest absolute Gasteiger partial charge is 0.481 e. The first kappa shape index (κ1) is 26.2. The Morgan fingerprint density at radius 1 is 0.971 bits per heavy atom. The molecule has 8 nitrogen and oxygen atoms in total. The molecule has 0 saturated heterocycles. The van der Waals surface area contributed by atoms with Crippen molar-refractivity contribution >= 4 is 18.0 Å². The molecule has 0 aliphatic heterocycles. The average molecular weight is 483 g/mol. The minimum Gasteiger partial charge on any atom is -0.481 e. The SMILES string of the molecule is COC(CNC(=O)OCC1c2ccccc2-c2ccccc21)CC(=O)NC(C)C(C(=O)O)C(C)C. The Morgan fingerprint density at radius 3 is 2.06 bits per heavy atom. The Morgan fingerprint density at radius 2 is 1.54 bits per heavy atom. The summed E-state index contributed by atoms with van der Waals surface area (Å²) >= 11 is 0. The molecule has 0 radical (unpaired) electrons. The van der Waals surface area contributed by atoms with Gasteiger partial charge in [-0.2, -0.15) is 0 Å². The summed E-state index contributed by atoms with van der Waals surface area (Å²) in [4.78, 5) is 36.3. The third kappa shape index (κ3) is 6.39. The van der Waals surface area contributed by atoms with Crippen molar-refractivity contribution < 1.29 is 29.0 Å². The van der Waals surface area contributed by atoms with Crippen molar-refractivity contribution in [3.05, 3.63) is 59.7 Å². The summed E-state index contributed by atoms with van der Waals surface area (Å²) in [7, 11) is 1.45. The van der Waals surface area contributed by atoms with E-state index < -0.39 is 30.1 Å². The van der Waals surface area contributed by atoms with E-state index in [0.29, 0.717) is 0 Å². The number of aliphatic carboxylic acids is 1. The minimum atomic E-state index is -0.951. The molecule has 1 aliphatic carbocycles. The number of carbonyl (C=O) groups excluding carboxylic acids is 2. The second-order valence-corrected chi connectivity index (χ2v) is 9.23. The van der Waals surface area contributed by atoms with Crippen molar-refractivity contribution in [1.29, 1.82) is 0 Å². The molecule has 188 valence electrons. The molecule has 3 atom stereocenters. The lowest BCUT2D eigenvalue weighted by atomic mass is 9.89. The van der Waals surface area contributed by atoms with E-state index in [4.69, 9.17) is 9.47 Å². The highest BCUT2D eigenvalue weighted by Gasteiger charge is 2.30. The highest BCUT2D eigenvalue weighted by Crippen LogP contribution is 2.44. The van der Waals surface area contributed by atoms with Crippen molar-refractivity contribution in [2.45, 2.75) is 45.3 Å². The second-order valence-electron chi connectivity index (χ2n) is 9.23. The van der Waals surface area contributed by atoms with Gasteiger partial charge < -0.3 is 25.2 Å². The van der Waals surface area contributed by atoms with Crippen LogP contribution in [0.3, 0.4) is 0 Å². The molecule has 2 aromatic rings. The zero-order valence-corrected chi connectivity index (χ0v) is 20.6. The molecule has 3 N–H and O–H groups in total. The summed E-state index contributed by atoms with van der Waals surface area (Å²) in [5, 5.41) is 14.8. The van der Waals surface area contributed by atoms with E-state index >= 15 is 0 Å². The smallest absolute Gasteiger partial charge is 0.407 e. The van der Waals surface area contributed by atoms with Crippen LogP contribution in [0.4, 0.5) is 4.79 Å². The van der Waals surface area contributed by atoms with Crippen LogP contribution in [-0.4, -0.2) is 55.5 Å². The normalized spacial score (nSPS) is 15.0. The first-order valence-corrected chi connectivity index (χ1v) is 11.9. The molecule has 8 heteroatoms. The lowest BCUT2D eigenvalue weighted by Gasteiger charge is -2.25. The summed E-state index contributed by atoms with van der Waals surface area (Å²) in [5.41, 5.74) is 4.56. The standard InChI is InChI=1S/C27H34N2O6/c1-16(2)25(26(31)32)17(3)29-24(30)13-18(34-4)14-28-27(33)35-15-23-21-11-7-5-9-19(21)20-10-6-8-12-22(20)23/h5-12,16-18,23,25H,13-15H2,1-4H3,(H,28,33)(H,29,30)(H,31,32). The van der Waals surface area contributed by atoms with E-state index in [2.05, 4.69) is 34.9 Å². The number of amides is 2. The van der Waals surface area contributed by atoms with Gasteiger partial charge in [-0.1, -0.05) is 62.4 Å². The lowest BCUT2D eigenvalue weighted by molar-refractivity contribution is -0.144. The number of ether oxygens (including phenoxy) is 2. The quantitative estimate of drug-likeness (QED) is 0.449. The summed E-state index contributed by atoms with van der Waals surface area (Å²) < 4.78 is 10.8. The molecule has 1 aliphatic rings. The molecule has 0 aromatic heterocycles. The molecule has 2 aromatic carbocycles. The molecule has 0 spiro atoms. The summed E-state index contributed by atoms with van der Waals surface area (Å²) in [6.07, 6.45) is -1.19. The topological polar surface area (TPSA) is 114 Å². The van der Waals surface area contributed by atoms with Crippen molar-refractivity contribution in [3.8, 4) is 11.1 Å². The fourth-order valence-corrected chi connectivity index (χ4v) is 4.77. The maximum Gasteiger partial charge on any atom is 0.407 e. The zero-order chi connectivity index (χ0) is 25.5. The summed E-state index contributed by atoms with van der Waals surface area (Å²) in [6, 6.07) is 15.7. The van der Waals surface area contributed by atoms with Gasteiger partial charge in [0.05, 0.1) is 18.4 Å². The molecule has 0 fully saturated rings. The molecule has 2 amide bonds. The Kier molecular flexibility index (Phi) is 8.87. The number of benzene rings is 2. The van der Waals surface area contributed by atoms with Crippen molar-refractivity contribution in [2.75, 3.05) is 20.3 Å². The van der Waals surface area contributed by atoms with Gasteiger partial charge in [-0.15, -0.1) is 0 Å². The molecule has 3 rings (SSSR count). The van der Waals surface area contributed by atoms with Crippen LogP contribution < -0.4 is 10.6 Å².